The summed E-state index contributed by atoms with van der Waals surface area (Å²) in [5, 5.41) is 19.7. The number of fused-ring (bicyclic) bond motifs is 2. The molecule has 0 bridgehead atoms. The fraction of sp³-hybridized carbons (Fsp3) is 0.481. The third kappa shape index (κ3) is 4.20. The van der Waals surface area contributed by atoms with Gasteiger partial charge in [-0.2, -0.15) is 0 Å². The highest BCUT2D eigenvalue weighted by Gasteiger charge is 2.65. The molecule has 5 rings (SSSR count). The average Bonchev–Trinajstić information content (AvgIpc) is 3.23. The fourth-order valence-electron chi connectivity index (χ4n) is 6.12. The van der Waals surface area contributed by atoms with E-state index in [4.69, 9.17) is 23.2 Å². The van der Waals surface area contributed by atoms with Crippen LogP contribution in [0.4, 0.5) is 10.1 Å². The monoisotopic (exact) mass is 533 g/mol. The zero-order valence-electron chi connectivity index (χ0n) is 20.4. The second-order valence-corrected chi connectivity index (χ2v) is 12.3. The van der Waals surface area contributed by atoms with Gasteiger partial charge in [-0.15, -0.1) is 0 Å². The highest BCUT2D eigenvalue weighted by Crippen LogP contribution is 2.56. The summed E-state index contributed by atoms with van der Waals surface area (Å²) in [6, 6.07) is 8.36. The molecule has 3 aliphatic rings. The second kappa shape index (κ2) is 8.98. The summed E-state index contributed by atoms with van der Waals surface area (Å²) in [5.41, 5.74) is 0.620. The molecule has 0 unspecified atom stereocenters. The number of aliphatic hydroxyl groups excluding tert-OH is 1. The van der Waals surface area contributed by atoms with Crippen LogP contribution in [-0.4, -0.2) is 41.2 Å². The molecule has 0 aromatic heterocycles. The molecule has 2 heterocycles. The van der Waals surface area contributed by atoms with Gasteiger partial charge in [0.2, 0.25) is 11.8 Å². The van der Waals surface area contributed by atoms with E-state index < -0.39 is 35.3 Å². The van der Waals surface area contributed by atoms with Crippen LogP contribution in [0.3, 0.4) is 0 Å². The summed E-state index contributed by atoms with van der Waals surface area (Å²) in [4.78, 5) is 27.7. The van der Waals surface area contributed by atoms with Crippen molar-refractivity contribution < 1.29 is 19.1 Å². The molecule has 9 heteroatoms. The quantitative estimate of drug-likeness (QED) is 0.465. The van der Waals surface area contributed by atoms with Crippen molar-refractivity contribution in [3.05, 3.63) is 63.4 Å². The van der Waals surface area contributed by atoms with E-state index in [-0.39, 0.29) is 28.3 Å². The Bertz CT molecular complexity index is 1230. The normalized spacial score (nSPS) is 31.2. The predicted octanol–water partition coefficient (Wildman–Crippen LogP) is 4.52. The maximum absolute atomic E-state index is 14.2. The van der Waals surface area contributed by atoms with Crippen molar-refractivity contribution in [3.8, 4) is 0 Å². The maximum atomic E-state index is 14.2. The highest BCUT2D eigenvalue weighted by atomic mass is 35.5. The van der Waals surface area contributed by atoms with E-state index in [0.717, 1.165) is 5.56 Å². The van der Waals surface area contributed by atoms with E-state index in [1.54, 1.807) is 18.2 Å². The first-order chi connectivity index (χ1) is 16.9. The molecule has 1 spiro atoms. The summed E-state index contributed by atoms with van der Waals surface area (Å²) in [6.07, 6.45) is 1.16. The predicted molar refractivity (Wildman–Crippen MR) is 138 cm³/mol. The molecule has 2 amide bonds. The van der Waals surface area contributed by atoms with Crippen LogP contribution in [0.2, 0.25) is 10.0 Å². The van der Waals surface area contributed by atoms with E-state index in [1.165, 1.54) is 12.1 Å². The lowest BCUT2D eigenvalue weighted by Gasteiger charge is -2.38. The van der Waals surface area contributed by atoms with Gasteiger partial charge < -0.3 is 21.1 Å². The van der Waals surface area contributed by atoms with Crippen LogP contribution >= 0.6 is 23.2 Å². The Morgan fingerprint density at radius 1 is 1.19 bits per heavy atom. The summed E-state index contributed by atoms with van der Waals surface area (Å²) >= 11 is 12.5. The Hall–Kier alpha value is -2.19. The molecule has 1 saturated heterocycles. The lowest BCUT2D eigenvalue weighted by molar-refractivity contribution is -0.125. The zero-order chi connectivity index (χ0) is 26.0. The van der Waals surface area contributed by atoms with Crippen molar-refractivity contribution in [3.63, 3.8) is 0 Å². The molecule has 1 aliphatic carbocycles. The number of amides is 2. The third-order valence-corrected chi connectivity index (χ3v) is 8.19. The van der Waals surface area contributed by atoms with Gasteiger partial charge in [0.05, 0.1) is 17.2 Å². The van der Waals surface area contributed by atoms with Gasteiger partial charge in [-0.3, -0.25) is 9.59 Å². The number of rotatable bonds is 4. The number of nitrogens with one attached hydrogen (secondary N) is 3. The van der Waals surface area contributed by atoms with Gasteiger partial charge >= 0.3 is 0 Å². The zero-order valence-corrected chi connectivity index (χ0v) is 21.9. The van der Waals surface area contributed by atoms with Crippen molar-refractivity contribution in [2.24, 2.45) is 5.41 Å². The maximum Gasteiger partial charge on any atom is 0.238 e. The van der Waals surface area contributed by atoms with Gasteiger partial charge in [-0.05, 0) is 60.1 Å². The van der Waals surface area contributed by atoms with Crippen LogP contribution < -0.4 is 16.0 Å². The standard InChI is InChI=1S/C27H30Cl2FN3O3/c1-26(2,3)12-21-27(17-6-5-14(28)9-20(17)32-25(27)36)22(13-4-7-19(30)18(29)8-13)23(33-21)24(35)31-15-10-16(34)11-15/h4-9,15-16,21-23,33-34H,10-12H2,1-3H3,(H,31,35)(H,32,36)/t15?,16?,21-,22+,23-,27+/m1/s1. The van der Waals surface area contributed by atoms with Crippen molar-refractivity contribution in [2.45, 2.75) is 75.6 Å². The molecule has 4 atom stereocenters. The Labute approximate surface area is 219 Å². The number of hydrogen-bond donors (Lipinski definition) is 4. The molecule has 4 N–H and O–H groups in total. The molecule has 2 aromatic rings. The number of carbonyl (C=O) groups excluding carboxylic acids is 2. The Morgan fingerprint density at radius 2 is 1.92 bits per heavy atom. The average molecular weight is 534 g/mol. The number of benzene rings is 2. The number of halogens is 3. The first-order valence-corrected chi connectivity index (χ1v) is 13.0. The van der Waals surface area contributed by atoms with E-state index >= 15 is 0 Å². The molecule has 2 fully saturated rings. The van der Waals surface area contributed by atoms with Crippen LogP contribution in [0.5, 0.6) is 0 Å². The second-order valence-electron chi connectivity index (χ2n) is 11.5. The lowest BCUT2D eigenvalue weighted by atomic mass is 9.62. The van der Waals surface area contributed by atoms with E-state index in [2.05, 4.69) is 36.7 Å². The van der Waals surface area contributed by atoms with Gasteiger partial charge in [0, 0.05) is 28.7 Å². The topological polar surface area (TPSA) is 90.5 Å². The molecule has 1 saturated carbocycles. The number of hydrogen-bond acceptors (Lipinski definition) is 4. The highest BCUT2D eigenvalue weighted by molar-refractivity contribution is 6.31. The molecular formula is C27H30Cl2FN3O3. The van der Waals surface area contributed by atoms with Gasteiger partial charge in [-0.1, -0.05) is 56.1 Å². The lowest BCUT2D eigenvalue weighted by Crippen LogP contribution is -2.53. The van der Waals surface area contributed by atoms with Crippen molar-refractivity contribution in [2.75, 3.05) is 5.32 Å². The van der Waals surface area contributed by atoms with Gasteiger partial charge in [0.1, 0.15) is 11.2 Å². The smallest absolute Gasteiger partial charge is 0.238 e. The molecule has 36 heavy (non-hydrogen) atoms. The molecule has 2 aromatic carbocycles. The molecule has 192 valence electrons. The Balaban J connectivity index is 1.69. The SMILES string of the molecule is CC(C)(C)C[C@H]1N[C@@H](C(=O)NC2CC(O)C2)[C@H](c2ccc(F)c(Cl)c2)[C@@]12C(=O)Nc1cc(Cl)ccc12. The molecule has 0 radical (unpaired) electrons. The van der Waals surface area contributed by atoms with E-state index in [0.29, 0.717) is 35.5 Å². The van der Waals surface area contributed by atoms with Gasteiger partial charge in [0.25, 0.3) is 0 Å². The molecule has 2 aliphatic heterocycles. The molecular weight excluding hydrogens is 504 g/mol. The minimum atomic E-state index is -1.16. The van der Waals surface area contributed by atoms with Crippen LogP contribution in [0, 0.1) is 11.2 Å². The van der Waals surface area contributed by atoms with E-state index in [9.17, 15) is 19.1 Å². The van der Waals surface area contributed by atoms with Gasteiger partial charge in [-0.25, -0.2) is 4.39 Å². The molecule has 6 nitrogen and oxygen atoms in total. The van der Waals surface area contributed by atoms with Crippen molar-refractivity contribution in [1.82, 2.24) is 10.6 Å². The minimum Gasteiger partial charge on any atom is -0.393 e. The van der Waals surface area contributed by atoms with Crippen LogP contribution in [0.25, 0.3) is 0 Å². The van der Waals surface area contributed by atoms with Crippen LogP contribution in [0.15, 0.2) is 36.4 Å². The Morgan fingerprint density at radius 3 is 2.56 bits per heavy atom. The number of carbonyl (C=O) groups is 2. The van der Waals surface area contributed by atoms with Crippen LogP contribution in [-0.2, 0) is 15.0 Å². The van der Waals surface area contributed by atoms with Crippen molar-refractivity contribution >= 4 is 40.7 Å². The summed E-state index contributed by atoms with van der Waals surface area (Å²) in [6.45, 7) is 6.26. The third-order valence-electron chi connectivity index (χ3n) is 7.67. The summed E-state index contributed by atoms with van der Waals surface area (Å²) < 4.78 is 14.2. The van der Waals surface area contributed by atoms with Crippen molar-refractivity contribution in [1.29, 1.82) is 0 Å². The van der Waals surface area contributed by atoms with Crippen LogP contribution in [0.1, 0.15) is 57.1 Å². The number of anilines is 1. The summed E-state index contributed by atoms with van der Waals surface area (Å²) in [7, 11) is 0. The number of aliphatic hydroxyl groups is 1. The first-order valence-electron chi connectivity index (χ1n) is 12.2. The summed E-state index contributed by atoms with van der Waals surface area (Å²) in [5.74, 6) is -1.74. The largest absolute Gasteiger partial charge is 0.393 e. The fourth-order valence-corrected chi connectivity index (χ4v) is 6.49. The minimum absolute atomic E-state index is 0.0714. The van der Waals surface area contributed by atoms with Gasteiger partial charge in [0.15, 0.2) is 0 Å². The Kier molecular flexibility index (Phi) is 6.35. The van der Waals surface area contributed by atoms with E-state index in [1.807, 2.05) is 6.07 Å². The first kappa shape index (κ1) is 25.5.